The summed E-state index contributed by atoms with van der Waals surface area (Å²) in [5.41, 5.74) is 1.28. The third-order valence-corrected chi connectivity index (χ3v) is 1.91. The van der Waals surface area contributed by atoms with Gasteiger partial charge in [-0.2, -0.15) is 0 Å². The summed E-state index contributed by atoms with van der Waals surface area (Å²) < 4.78 is 5.49. The Labute approximate surface area is 62.4 Å². The molecule has 0 aromatic heterocycles. The molecule has 0 spiro atoms. The largest absolute Gasteiger partial charge is 0.367 e. The molecule has 0 unspecified atom stereocenters. The predicted molar refractivity (Wildman–Crippen MR) is 42.9 cm³/mol. The zero-order chi connectivity index (χ0) is 7.61. The fourth-order valence-corrected chi connectivity index (χ4v) is 1.18. The normalized spacial score (nSPS) is 33.2. The molecular weight excluding hydrogens is 124 g/mol. The van der Waals surface area contributed by atoms with Gasteiger partial charge in [0.1, 0.15) is 0 Å². The molecule has 1 atom stereocenters. The van der Waals surface area contributed by atoms with Crippen LogP contribution in [0, 0.1) is 0 Å². The van der Waals surface area contributed by atoms with E-state index >= 15 is 0 Å². The van der Waals surface area contributed by atoms with E-state index in [0.717, 1.165) is 13.0 Å². The van der Waals surface area contributed by atoms with Crippen LogP contribution in [-0.4, -0.2) is 12.2 Å². The molecule has 0 aromatic rings. The Morgan fingerprint density at radius 1 is 1.80 bits per heavy atom. The lowest BCUT2D eigenvalue weighted by molar-refractivity contribution is 0.0148. The summed E-state index contributed by atoms with van der Waals surface area (Å²) in [5, 5.41) is 0. The van der Waals surface area contributed by atoms with Gasteiger partial charge in [-0.1, -0.05) is 17.7 Å². The molecule has 0 bridgehead atoms. The van der Waals surface area contributed by atoms with Crippen molar-refractivity contribution in [3.63, 3.8) is 0 Å². The first-order chi connectivity index (χ1) is 4.66. The fourth-order valence-electron chi connectivity index (χ4n) is 1.18. The van der Waals surface area contributed by atoms with Crippen LogP contribution in [0.4, 0.5) is 0 Å². The zero-order valence-corrected chi connectivity index (χ0v) is 6.68. The van der Waals surface area contributed by atoms with Gasteiger partial charge in [-0.15, -0.1) is 6.58 Å². The zero-order valence-electron chi connectivity index (χ0n) is 6.68. The second-order valence-electron chi connectivity index (χ2n) is 3.06. The minimum Gasteiger partial charge on any atom is -0.367 e. The van der Waals surface area contributed by atoms with Gasteiger partial charge in [-0.05, 0) is 13.8 Å². The summed E-state index contributed by atoms with van der Waals surface area (Å²) in [6.45, 7) is 8.66. The molecule has 0 fully saturated rings. The van der Waals surface area contributed by atoms with Gasteiger partial charge in [0, 0.05) is 6.42 Å². The van der Waals surface area contributed by atoms with Gasteiger partial charge < -0.3 is 4.74 Å². The lowest BCUT2D eigenvalue weighted by Gasteiger charge is -2.29. The fraction of sp³-hybridized carbons (Fsp3) is 0.556. The maximum atomic E-state index is 5.49. The van der Waals surface area contributed by atoms with Gasteiger partial charge in [0.05, 0.1) is 12.2 Å². The van der Waals surface area contributed by atoms with E-state index in [1.54, 1.807) is 0 Å². The Kier molecular flexibility index (Phi) is 1.95. The van der Waals surface area contributed by atoms with Crippen molar-refractivity contribution in [2.75, 3.05) is 6.61 Å². The molecule has 1 nitrogen and oxygen atoms in total. The van der Waals surface area contributed by atoms with Crippen molar-refractivity contribution < 1.29 is 4.74 Å². The minimum absolute atomic E-state index is 0.112. The molecule has 10 heavy (non-hydrogen) atoms. The Morgan fingerprint density at radius 2 is 2.50 bits per heavy atom. The Bertz CT molecular complexity index is 170. The maximum Gasteiger partial charge on any atom is 0.0872 e. The summed E-state index contributed by atoms with van der Waals surface area (Å²) in [4.78, 5) is 0. The van der Waals surface area contributed by atoms with E-state index in [1.807, 2.05) is 6.08 Å². The average Bonchev–Trinajstić information content (AvgIpc) is 1.88. The molecular formula is C9H14O. The van der Waals surface area contributed by atoms with Gasteiger partial charge in [0.15, 0.2) is 0 Å². The third-order valence-electron chi connectivity index (χ3n) is 1.91. The van der Waals surface area contributed by atoms with Gasteiger partial charge in [0.2, 0.25) is 0 Å². The molecule has 0 saturated heterocycles. The van der Waals surface area contributed by atoms with Crippen LogP contribution in [-0.2, 0) is 4.74 Å². The van der Waals surface area contributed by atoms with Crippen LogP contribution in [0.5, 0.6) is 0 Å². The summed E-state index contributed by atoms with van der Waals surface area (Å²) in [5.74, 6) is 0. The summed E-state index contributed by atoms with van der Waals surface area (Å²) in [7, 11) is 0. The third kappa shape index (κ3) is 1.48. The SMILES string of the molecule is C=C[C@@]1(C)CC(C)=CCO1. The predicted octanol–water partition coefficient (Wildman–Crippen LogP) is 2.30. The van der Waals surface area contributed by atoms with E-state index in [9.17, 15) is 0 Å². The molecule has 0 aliphatic carbocycles. The Hall–Kier alpha value is -0.560. The molecule has 1 rings (SSSR count). The van der Waals surface area contributed by atoms with Crippen molar-refractivity contribution in [3.05, 3.63) is 24.3 Å². The highest BCUT2D eigenvalue weighted by Crippen LogP contribution is 2.25. The quantitative estimate of drug-likeness (QED) is 0.505. The van der Waals surface area contributed by atoms with E-state index in [1.165, 1.54) is 5.57 Å². The van der Waals surface area contributed by atoms with Crippen molar-refractivity contribution >= 4 is 0 Å². The van der Waals surface area contributed by atoms with Crippen LogP contribution >= 0.6 is 0 Å². The topological polar surface area (TPSA) is 9.23 Å². The molecule has 1 aliphatic heterocycles. The van der Waals surface area contributed by atoms with E-state index < -0.39 is 0 Å². The summed E-state index contributed by atoms with van der Waals surface area (Å²) >= 11 is 0. The van der Waals surface area contributed by atoms with Gasteiger partial charge in [0.25, 0.3) is 0 Å². The molecule has 1 heteroatoms. The first kappa shape index (κ1) is 7.55. The number of ether oxygens (including phenoxy) is 1. The molecule has 56 valence electrons. The highest BCUT2D eigenvalue weighted by molar-refractivity contribution is 5.12. The number of rotatable bonds is 1. The van der Waals surface area contributed by atoms with Crippen molar-refractivity contribution in [1.29, 1.82) is 0 Å². The second kappa shape index (κ2) is 2.59. The van der Waals surface area contributed by atoms with Crippen LogP contribution in [0.1, 0.15) is 20.3 Å². The van der Waals surface area contributed by atoms with Crippen LogP contribution in [0.15, 0.2) is 24.3 Å². The van der Waals surface area contributed by atoms with Crippen molar-refractivity contribution in [1.82, 2.24) is 0 Å². The Morgan fingerprint density at radius 3 is 2.90 bits per heavy atom. The highest BCUT2D eigenvalue weighted by atomic mass is 16.5. The van der Waals surface area contributed by atoms with E-state index in [4.69, 9.17) is 4.74 Å². The smallest absolute Gasteiger partial charge is 0.0872 e. The van der Waals surface area contributed by atoms with Gasteiger partial charge in [-0.25, -0.2) is 0 Å². The van der Waals surface area contributed by atoms with E-state index in [2.05, 4.69) is 26.5 Å². The molecule has 0 radical (unpaired) electrons. The molecule has 0 amide bonds. The molecule has 0 N–H and O–H groups in total. The van der Waals surface area contributed by atoms with Crippen LogP contribution in [0.3, 0.4) is 0 Å². The van der Waals surface area contributed by atoms with Crippen LogP contribution in [0.25, 0.3) is 0 Å². The standard InChI is InChI=1S/C9H14O/c1-4-9(3)7-8(2)5-6-10-9/h4-5H,1,6-7H2,2-3H3/t9-/m0/s1. The van der Waals surface area contributed by atoms with E-state index in [0.29, 0.717) is 0 Å². The number of hydrogen-bond acceptors (Lipinski definition) is 1. The first-order valence-electron chi connectivity index (χ1n) is 3.59. The molecule has 0 saturated carbocycles. The summed E-state index contributed by atoms with van der Waals surface area (Å²) in [6, 6.07) is 0. The second-order valence-corrected chi connectivity index (χ2v) is 3.06. The van der Waals surface area contributed by atoms with Crippen molar-refractivity contribution in [2.45, 2.75) is 25.9 Å². The Balaban J connectivity index is 2.68. The monoisotopic (exact) mass is 138 g/mol. The van der Waals surface area contributed by atoms with Crippen molar-refractivity contribution in [3.8, 4) is 0 Å². The average molecular weight is 138 g/mol. The molecule has 1 aliphatic rings. The molecule has 1 heterocycles. The van der Waals surface area contributed by atoms with Crippen molar-refractivity contribution in [2.24, 2.45) is 0 Å². The van der Waals surface area contributed by atoms with Crippen LogP contribution < -0.4 is 0 Å². The van der Waals surface area contributed by atoms with Gasteiger partial charge in [-0.3, -0.25) is 0 Å². The minimum atomic E-state index is -0.112. The molecule has 0 aromatic carbocycles. The lowest BCUT2D eigenvalue weighted by atomic mass is 9.95. The first-order valence-corrected chi connectivity index (χ1v) is 3.59. The maximum absolute atomic E-state index is 5.49. The van der Waals surface area contributed by atoms with E-state index in [-0.39, 0.29) is 5.60 Å². The van der Waals surface area contributed by atoms with Crippen LogP contribution in [0.2, 0.25) is 0 Å². The summed E-state index contributed by atoms with van der Waals surface area (Å²) in [6.07, 6.45) is 4.98. The van der Waals surface area contributed by atoms with Gasteiger partial charge >= 0.3 is 0 Å². The highest BCUT2D eigenvalue weighted by Gasteiger charge is 2.23. The number of hydrogen-bond donors (Lipinski definition) is 0. The lowest BCUT2D eigenvalue weighted by Crippen LogP contribution is -2.29.